The fourth-order valence-corrected chi connectivity index (χ4v) is 1.51. The van der Waals surface area contributed by atoms with Crippen LogP contribution in [0.1, 0.15) is 5.56 Å². The third-order valence-electron chi connectivity index (χ3n) is 2.44. The molecule has 2 N–H and O–H groups in total. The zero-order valence-corrected chi connectivity index (χ0v) is 9.17. The van der Waals surface area contributed by atoms with Crippen LogP contribution in [0, 0.1) is 0 Å². The van der Waals surface area contributed by atoms with Gasteiger partial charge in [-0.2, -0.15) is 0 Å². The lowest BCUT2D eigenvalue weighted by Crippen LogP contribution is -2.11. The maximum atomic E-state index is 5.61. The Labute approximate surface area is 94.8 Å². The molecule has 1 aromatic heterocycles. The van der Waals surface area contributed by atoms with Crippen molar-refractivity contribution in [1.29, 1.82) is 0 Å². The molecule has 0 spiro atoms. The summed E-state index contributed by atoms with van der Waals surface area (Å²) in [6, 6.07) is 9.96. The minimum Gasteiger partial charge on any atom is -0.329 e. The van der Waals surface area contributed by atoms with Gasteiger partial charge >= 0.3 is 0 Å². The second-order valence-corrected chi connectivity index (χ2v) is 3.50. The first-order chi connectivity index (χ1) is 7.81. The van der Waals surface area contributed by atoms with Crippen LogP contribution in [-0.4, -0.2) is 17.0 Å². The minimum absolute atomic E-state index is 0.547. The van der Waals surface area contributed by atoms with Crippen molar-refractivity contribution in [3.05, 3.63) is 48.4 Å². The zero-order chi connectivity index (χ0) is 11.4. The van der Waals surface area contributed by atoms with E-state index < -0.39 is 0 Å². The number of rotatable bonds is 3. The zero-order valence-electron chi connectivity index (χ0n) is 9.17. The molecule has 0 fully saturated rings. The molecular weight excluding hydrogens is 200 g/mol. The van der Waals surface area contributed by atoms with Crippen molar-refractivity contribution in [3.63, 3.8) is 0 Å². The lowest BCUT2D eigenvalue weighted by atomic mass is 10.2. The molecule has 0 radical (unpaired) electrons. The van der Waals surface area contributed by atoms with Crippen LogP contribution in [0.4, 0.5) is 11.5 Å². The largest absolute Gasteiger partial charge is 0.329 e. The number of hydrogen-bond donors (Lipinski definition) is 1. The topological polar surface area (TPSA) is 55.0 Å². The van der Waals surface area contributed by atoms with E-state index in [-0.39, 0.29) is 0 Å². The molecule has 16 heavy (non-hydrogen) atoms. The summed E-state index contributed by atoms with van der Waals surface area (Å²) in [6.45, 7) is 0.547. The van der Waals surface area contributed by atoms with E-state index in [0.717, 1.165) is 17.1 Å². The van der Waals surface area contributed by atoms with Gasteiger partial charge < -0.3 is 10.6 Å². The molecule has 4 heteroatoms. The number of nitrogens with zero attached hydrogens (tertiary/aromatic N) is 3. The van der Waals surface area contributed by atoms with Gasteiger partial charge in [0.2, 0.25) is 0 Å². The monoisotopic (exact) mass is 214 g/mol. The predicted octanol–water partition coefficient (Wildman–Crippen LogP) is 1.70. The van der Waals surface area contributed by atoms with Crippen LogP contribution < -0.4 is 10.6 Å². The third-order valence-corrected chi connectivity index (χ3v) is 2.44. The molecule has 0 bridgehead atoms. The molecule has 0 unspecified atom stereocenters. The van der Waals surface area contributed by atoms with Gasteiger partial charge in [0.15, 0.2) is 0 Å². The Bertz CT molecular complexity index is 456. The maximum Gasteiger partial charge on any atom is 0.136 e. The van der Waals surface area contributed by atoms with Gasteiger partial charge in [-0.25, -0.2) is 9.97 Å². The van der Waals surface area contributed by atoms with E-state index in [1.807, 2.05) is 36.2 Å². The first kappa shape index (κ1) is 10.6. The second-order valence-electron chi connectivity index (χ2n) is 3.50. The Morgan fingerprint density at radius 2 is 2.19 bits per heavy atom. The van der Waals surface area contributed by atoms with E-state index in [9.17, 15) is 0 Å². The fraction of sp³-hybridized carbons (Fsp3) is 0.167. The number of aromatic nitrogens is 2. The quantitative estimate of drug-likeness (QED) is 0.845. The summed E-state index contributed by atoms with van der Waals surface area (Å²) < 4.78 is 0. The Morgan fingerprint density at radius 1 is 1.31 bits per heavy atom. The highest BCUT2D eigenvalue weighted by atomic mass is 15.2. The molecule has 4 nitrogen and oxygen atoms in total. The number of benzene rings is 1. The molecule has 0 atom stereocenters. The summed E-state index contributed by atoms with van der Waals surface area (Å²) in [5.41, 5.74) is 7.79. The van der Waals surface area contributed by atoms with Crippen molar-refractivity contribution in [2.75, 3.05) is 11.9 Å². The SMILES string of the molecule is CN(c1cccc(CN)c1)c1ccncn1. The van der Waals surface area contributed by atoms with E-state index in [4.69, 9.17) is 5.73 Å². The summed E-state index contributed by atoms with van der Waals surface area (Å²) >= 11 is 0. The lowest BCUT2D eigenvalue weighted by molar-refractivity contribution is 1.05. The molecule has 82 valence electrons. The van der Waals surface area contributed by atoms with Crippen LogP contribution in [-0.2, 0) is 6.54 Å². The van der Waals surface area contributed by atoms with E-state index in [0.29, 0.717) is 6.54 Å². The summed E-state index contributed by atoms with van der Waals surface area (Å²) in [5, 5.41) is 0. The van der Waals surface area contributed by atoms with Crippen molar-refractivity contribution in [2.24, 2.45) is 5.73 Å². The van der Waals surface area contributed by atoms with Gasteiger partial charge in [-0.05, 0) is 23.8 Å². The van der Waals surface area contributed by atoms with Crippen LogP contribution in [0.15, 0.2) is 42.9 Å². The molecule has 0 aliphatic rings. The number of anilines is 2. The fourth-order valence-electron chi connectivity index (χ4n) is 1.51. The smallest absolute Gasteiger partial charge is 0.136 e. The average molecular weight is 214 g/mol. The van der Waals surface area contributed by atoms with Gasteiger partial charge in [0.1, 0.15) is 12.1 Å². The predicted molar refractivity (Wildman–Crippen MR) is 64.4 cm³/mol. The van der Waals surface area contributed by atoms with Gasteiger partial charge in [0, 0.05) is 25.5 Å². The highest BCUT2D eigenvalue weighted by molar-refractivity contribution is 5.59. The van der Waals surface area contributed by atoms with Crippen LogP contribution in [0.3, 0.4) is 0 Å². The van der Waals surface area contributed by atoms with Crippen molar-refractivity contribution < 1.29 is 0 Å². The Morgan fingerprint density at radius 3 is 2.88 bits per heavy atom. The first-order valence-corrected chi connectivity index (χ1v) is 5.10. The lowest BCUT2D eigenvalue weighted by Gasteiger charge is -2.18. The first-order valence-electron chi connectivity index (χ1n) is 5.10. The van der Waals surface area contributed by atoms with Crippen molar-refractivity contribution in [1.82, 2.24) is 9.97 Å². The van der Waals surface area contributed by atoms with Crippen molar-refractivity contribution in [2.45, 2.75) is 6.54 Å². The van der Waals surface area contributed by atoms with Crippen LogP contribution >= 0.6 is 0 Å². The summed E-state index contributed by atoms with van der Waals surface area (Å²) in [5.74, 6) is 0.865. The summed E-state index contributed by atoms with van der Waals surface area (Å²) in [7, 11) is 1.97. The molecule has 2 rings (SSSR count). The Balaban J connectivity index is 2.30. The van der Waals surface area contributed by atoms with Gasteiger partial charge in [-0.3, -0.25) is 0 Å². The van der Waals surface area contributed by atoms with Gasteiger partial charge in [0.05, 0.1) is 0 Å². The molecule has 0 aliphatic carbocycles. The number of hydrogen-bond acceptors (Lipinski definition) is 4. The van der Waals surface area contributed by atoms with E-state index in [1.54, 1.807) is 12.5 Å². The molecule has 1 aromatic carbocycles. The van der Waals surface area contributed by atoms with Gasteiger partial charge in [0.25, 0.3) is 0 Å². The third kappa shape index (κ3) is 2.17. The normalized spacial score (nSPS) is 10.1. The Hall–Kier alpha value is -1.94. The molecule has 2 aromatic rings. The molecule has 0 saturated carbocycles. The second kappa shape index (κ2) is 4.72. The minimum atomic E-state index is 0.547. The van der Waals surface area contributed by atoms with Gasteiger partial charge in [-0.1, -0.05) is 12.1 Å². The standard InChI is InChI=1S/C12H14N4/c1-16(12-5-6-14-9-15-12)11-4-2-3-10(7-11)8-13/h2-7,9H,8,13H2,1H3. The van der Waals surface area contributed by atoms with Crippen LogP contribution in [0.25, 0.3) is 0 Å². The molecular formula is C12H14N4. The maximum absolute atomic E-state index is 5.61. The summed E-state index contributed by atoms with van der Waals surface area (Å²) in [4.78, 5) is 10.1. The summed E-state index contributed by atoms with van der Waals surface area (Å²) in [6.07, 6.45) is 3.27. The molecule has 0 saturated heterocycles. The molecule has 1 heterocycles. The van der Waals surface area contributed by atoms with Crippen LogP contribution in [0.2, 0.25) is 0 Å². The Kier molecular flexibility index (Phi) is 3.12. The van der Waals surface area contributed by atoms with E-state index in [1.165, 1.54) is 0 Å². The average Bonchev–Trinajstić information content (AvgIpc) is 2.39. The van der Waals surface area contributed by atoms with Gasteiger partial charge in [-0.15, -0.1) is 0 Å². The van der Waals surface area contributed by atoms with Crippen molar-refractivity contribution >= 4 is 11.5 Å². The van der Waals surface area contributed by atoms with Crippen LogP contribution in [0.5, 0.6) is 0 Å². The van der Waals surface area contributed by atoms with Crippen molar-refractivity contribution in [3.8, 4) is 0 Å². The van der Waals surface area contributed by atoms with E-state index >= 15 is 0 Å². The molecule has 0 amide bonds. The van der Waals surface area contributed by atoms with E-state index in [2.05, 4.69) is 16.0 Å². The number of nitrogens with two attached hydrogens (primary N) is 1. The highest BCUT2D eigenvalue weighted by Crippen LogP contribution is 2.21. The molecule has 0 aliphatic heterocycles. The highest BCUT2D eigenvalue weighted by Gasteiger charge is 2.04.